The SMILES string of the molecule is Cc1ccc(C(=O)Nc2ccc(CN(C)C)cc2)cc1. The Hall–Kier alpha value is -2.13. The van der Waals surface area contributed by atoms with Gasteiger partial charge < -0.3 is 10.2 Å². The molecule has 3 nitrogen and oxygen atoms in total. The molecule has 0 aliphatic rings. The van der Waals surface area contributed by atoms with E-state index in [4.69, 9.17) is 0 Å². The van der Waals surface area contributed by atoms with Gasteiger partial charge in [-0.2, -0.15) is 0 Å². The average molecular weight is 268 g/mol. The summed E-state index contributed by atoms with van der Waals surface area (Å²) in [6, 6.07) is 15.5. The molecule has 0 aliphatic carbocycles. The van der Waals surface area contributed by atoms with E-state index < -0.39 is 0 Å². The van der Waals surface area contributed by atoms with Crippen LogP contribution in [0.5, 0.6) is 0 Å². The van der Waals surface area contributed by atoms with Gasteiger partial charge in [0.15, 0.2) is 0 Å². The van der Waals surface area contributed by atoms with Crippen LogP contribution in [0.4, 0.5) is 5.69 Å². The molecule has 1 N–H and O–H groups in total. The van der Waals surface area contributed by atoms with Crippen molar-refractivity contribution in [2.45, 2.75) is 13.5 Å². The fraction of sp³-hybridized carbons (Fsp3) is 0.235. The van der Waals surface area contributed by atoms with Gasteiger partial charge in [-0.3, -0.25) is 4.79 Å². The van der Waals surface area contributed by atoms with E-state index in [1.807, 2.05) is 69.6 Å². The molecular formula is C17H20N2O. The number of aryl methyl sites for hydroxylation is 1. The van der Waals surface area contributed by atoms with Crippen LogP contribution >= 0.6 is 0 Å². The van der Waals surface area contributed by atoms with Gasteiger partial charge in [0.1, 0.15) is 0 Å². The van der Waals surface area contributed by atoms with Gasteiger partial charge in [0.2, 0.25) is 0 Å². The third-order valence-electron chi connectivity index (χ3n) is 3.02. The Labute approximate surface area is 120 Å². The highest BCUT2D eigenvalue weighted by molar-refractivity contribution is 6.04. The summed E-state index contributed by atoms with van der Waals surface area (Å²) < 4.78 is 0. The number of benzene rings is 2. The standard InChI is InChI=1S/C17H20N2O/c1-13-4-8-15(9-5-13)17(20)18-16-10-6-14(7-11-16)12-19(2)3/h4-11H,12H2,1-3H3,(H,18,20). The van der Waals surface area contributed by atoms with E-state index in [1.165, 1.54) is 5.56 Å². The molecule has 2 aromatic carbocycles. The number of nitrogens with zero attached hydrogens (tertiary/aromatic N) is 1. The number of rotatable bonds is 4. The topological polar surface area (TPSA) is 32.3 Å². The average Bonchev–Trinajstić information content (AvgIpc) is 2.41. The van der Waals surface area contributed by atoms with Crippen molar-refractivity contribution in [3.05, 3.63) is 65.2 Å². The van der Waals surface area contributed by atoms with Crippen molar-refractivity contribution in [3.8, 4) is 0 Å². The monoisotopic (exact) mass is 268 g/mol. The maximum Gasteiger partial charge on any atom is 0.255 e. The van der Waals surface area contributed by atoms with Gasteiger partial charge in [0.05, 0.1) is 0 Å². The molecule has 0 saturated heterocycles. The Bertz CT molecular complexity index is 571. The summed E-state index contributed by atoms with van der Waals surface area (Å²) in [5.41, 5.74) is 3.86. The molecule has 0 saturated carbocycles. The van der Waals surface area contributed by atoms with Crippen LogP contribution in [0.2, 0.25) is 0 Å². The van der Waals surface area contributed by atoms with E-state index in [-0.39, 0.29) is 5.91 Å². The molecule has 2 rings (SSSR count). The Morgan fingerprint density at radius 2 is 1.60 bits per heavy atom. The zero-order valence-corrected chi connectivity index (χ0v) is 12.2. The minimum atomic E-state index is -0.0784. The number of amides is 1. The second-order valence-electron chi connectivity index (χ2n) is 5.25. The lowest BCUT2D eigenvalue weighted by Crippen LogP contribution is -2.12. The first-order chi connectivity index (χ1) is 9.54. The van der Waals surface area contributed by atoms with Crippen molar-refractivity contribution in [1.82, 2.24) is 4.90 Å². The van der Waals surface area contributed by atoms with E-state index in [0.717, 1.165) is 17.8 Å². The summed E-state index contributed by atoms with van der Waals surface area (Å²) in [4.78, 5) is 14.2. The van der Waals surface area contributed by atoms with E-state index in [2.05, 4.69) is 10.2 Å². The Morgan fingerprint density at radius 1 is 1.00 bits per heavy atom. The molecule has 20 heavy (non-hydrogen) atoms. The largest absolute Gasteiger partial charge is 0.322 e. The van der Waals surface area contributed by atoms with Crippen LogP contribution in [0.1, 0.15) is 21.5 Å². The van der Waals surface area contributed by atoms with Crippen LogP contribution in [0.15, 0.2) is 48.5 Å². The van der Waals surface area contributed by atoms with Gasteiger partial charge in [0.25, 0.3) is 5.91 Å². The zero-order chi connectivity index (χ0) is 14.5. The van der Waals surface area contributed by atoms with Crippen molar-refractivity contribution >= 4 is 11.6 Å². The summed E-state index contributed by atoms with van der Waals surface area (Å²) in [5.74, 6) is -0.0784. The molecule has 0 spiro atoms. The molecule has 0 aliphatic heterocycles. The lowest BCUT2D eigenvalue weighted by Gasteiger charge is -2.10. The summed E-state index contributed by atoms with van der Waals surface area (Å²) in [7, 11) is 4.07. The minimum Gasteiger partial charge on any atom is -0.322 e. The quantitative estimate of drug-likeness (QED) is 0.922. The summed E-state index contributed by atoms with van der Waals surface area (Å²) in [6.07, 6.45) is 0. The molecule has 0 unspecified atom stereocenters. The van der Waals surface area contributed by atoms with E-state index >= 15 is 0 Å². The minimum absolute atomic E-state index is 0.0784. The lowest BCUT2D eigenvalue weighted by atomic mass is 10.1. The highest BCUT2D eigenvalue weighted by atomic mass is 16.1. The first-order valence-corrected chi connectivity index (χ1v) is 6.66. The molecule has 104 valence electrons. The van der Waals surface area contributed by atoms with E-state index in [1.54, 1.807) is 0 Å². The maximum atomic E-state index is 12.1. The lowest BCUT2D eigenvalue weighted by molar-refractivity contribution is 0.102. The van der Waals surface area contributed by atoms with Crippen molar-refractivity contribution in [3.63, 3.8) is 0 Å². The van der Waals surface area contributed by atoms with Crippen LogP contribution in [-0.2, 0) is 6.54 Å². The maximum absolute atomic E-state index is 12.1. The van der Waals surface area contributed by atoms with E-state index in [9.17, 15) is 4.79 Å². The molecule has 1 amide bonds. The van der Waals surface area contributed by atoms with Gasteiger partial charge in [-0.1, -0.05) is 29.8 Å². The van der Waals surface area contributed by atoms with E-state index in [0.29, 0.717) is 5.56 Å². The molecule has 3 heteroatoms. The molecule has 0 atom stereocenters. The molecule has 2 aromatic rings. The Morgan fingerprint density at radius 3 is 2.15 bits per heavy atom. The van der Waals surface area contributed by atoms with Crippen LogP contribution in [0, 0.1) is 6.92 Å². The highest BCUT2D eigenvalue weighted by Gasteiger charge is 2.05. The number of anilines is 1. The zero-order valence-electron chi connectivity index (χ0n) is 12.2. The molecule has 0 heterocycles. The third kappa shape index (κ3) is 3.93. The number of carbonyl (C=O) groups is 1. The Balaban J connectivity index is 2.02. The molecular weight excluding hydrogens is 248 g/mol. The molecule has 0 fully saturated rings. The van der Waals surface area contributed by atoms with Crippen molar-refractivity contribution in [2.24, 2.45) is 0 Å². The molecule has 0 bridgehead atoms. The van der Waals surface area contributed by atoms with Gasteiger partial charge in [-0.25, -0.2) is 0 Å². The fourth-order valence-corrected chi connectivity index (χ4v) is 1.97. The fourth-order valence-electron chi connectivity index (χ4n) is 1.97. The summed E-state index contributed by atoms with van der Waals surface area (Å²) in [5, 5.41) is 2.91. The second-order valence-corrected chi connectivity index (χ2v) is 5.25. The van der Waals surface area contributed by atoms with Crippen LogP contribution in [0.3, 0.4) is 0 Å². The van der Waals surface area contributed by atoms with Gasteiger partial charge >= 0.3 is 0 Å². The summed E-state index contributed by atoms with van der Waals surface area (Å²) in [6.45, 7) is 2.90. The predicted molar refractivity (Wildman–Crippen MR) is 83.0 cm³/mol. The first kappa shape index (κ1) is 14.3. The van der Waals surface area contributed by atoms with Gasteiger partial charge in [-0.05, 0) is 50.8 Å². The smallest absolute Gasteiger partial charge is 0.255 e. The number of hydrogen-bond acceptors (Lipinski definition) is 2. The van der Waals surface area contributed by atoms with Crippen LogP contribution < -0.4 is 5.32 Å². The van der Waals surface area contributed by atoms with Crippen molar-refractivity contribution < 1.29 is 4.79 Å². The second kappa shape index (κ2) is 6.35. The van der Waals surface area contributed by atoms with Gasteiger partial charge in [0, 0.05) is 17.8 Å². The number of carbonyl (C=O) groups excluding carboxylic acids is 1. The summed E-state index contributed by atoms with van der Waals surface area (Å²) >= 11 is 0. The number of nitrogens with one attached hydrogen (secondary N) is 1. The van der Waals surface area contributed by atoms with Crippen LogP contribution in [-0.4, -0.2) is 24.9 Å². The van der Waals surface area contributed by atoms with Crippen molar-refractivity contribution in [1.29, 1.82) is 0 Å². The number of hydrogen-bond donors (Lipinski definition) is 1. The predicted octanol–water partition coefficient (Wildman–Crippen LogP) is 3.31. The highest BCUT2D eigenvalue weighted by Crippen LogP contribution is 2.12. The van der Waals surface area contributed by atoms with Gasteiger partial charge in [-0.15, -0.1) is 0 Å². The Kier molecular flexibility index (Phi) is 4.53. The van der Waals surface area contributed by atoms with Crippen molar-refractivity contribution in [2.75, 3.05) is 19.4 Å². The third-order valence-corrected chi connectivity index (χ3v) is 3.02. The molecule has 0 radical (unpaired) electrons. The normalized spacial score (nSPS) is 10.6. The van der Waals surface area contributed by atoms with Crippen LogP contribution in [0.25, 0.3) is 0 Å². The first-order valence-electron chi connectivity index (χ1n) is 6.66. The molecule has 0 aromatic heterocycles.